The first kappa shape index (κ1) is 9.56. The van der Waals surface area contributed by atoms with Gasteiger partial charge in [-0.3, -0.25) is 0 Å². The molecule has 0 radical (unpaired) electrons. The third-order valence-electron chi connectivity index (χ3n) is 1.85. The lowest BCUT2D eigenvalue weighted by Crippen LogP contribution is -1.93. The van der Waals surface area contributed by atoms with Crippen molar-refractivity contribution in [1.29, 1.82) is 0 Å². The van der Waals surface area contributed by atoms with Gasteiger partial charge in [0.2, 0.25) is 0 Å². The molecule has 66 valence electrons. The topological polar surface area (TPSA) is 9.23 Å². The molecule has 0 saturated carbocycles. The van der Waals surface area contributed by atoms with Crippen LogP contribution in [0.1, 0.15) is 18.1 Å². The summed E-state index contributed by atoms with van der Waals surface area (Å²) in [6.07, 6.45) is 0.999. The minimum absolute atomic E-state index is 0.667. The summed E-state index contributed by atoms with van der Waals surface area (Å²) < 4.78 is 5.07. The van der Waals surface area contributed by atoms with E-state index in [0.717, 1.165) is 11.4 Å². The van der Waals surface area contributed by atoms with Crippen LogP contribution in [-0.4, -0.2) is 7.11 Å². The Morgan fingerprint density at radius 1 is 1.33 bits per heavy atom. The third-order valence-corrected chi connectivity index (χ3v) is 2.08. The smallest absolute Gasteiger partial charge is 0.0715 e. The van der Waals surface area contributed by atoms with Gasteiger partial charge in [-0.1, -0.05) is 24.6 Å². The summed E-state index contributed by atoms with van der Waals surface area (Å²) in [6.45, 7) is 2.78. The molecule has 0 amide bonds. The zero-order valence-corrected chi connectivity index (χ0v) is 8.19. The van der Waals surface area contributed by atoms with Gasteiger partial charge in [0, 0.05) is 12.1 Å². The molecule has 1 aromatic carbocycles. The van der Waals surface area contributed by atoms with Crippen molar-refractivity contribution >= 4 is 11.6 Å². The molecule has 0 aliphatic rings. The Kier molecular flexibility index (Phi) is 3.57. The maximum atomic E-state index is 5.85. The number of methoxy groups -OCH3 is 1. The van der Waals surface area contributed by atoms with Crippen LogP contribution in [0.4, 0.5) is 0 Å². The number of aryl methyl sites for hydroxylation is 1. The highest BCUT2D eigenvalue weighted by molar-refractivity contribution is 6.30. The largest absolute Gasteiger partial charge is 0.380 e. The average Bonchev–Trinajstić information content (AvgIpc) is 2.08. The fourth-order valence-corrected chi connectivity index (χ4v) is 1.41. The summed E-state index contributed by atoms with van der Waals surface area (Å²) in [5, 5.41) is 0.798. The van der Waals surface area contributed by atoms with Gasteiger partial charge in [-0.25, -0.2) is 0 Å². The number of halogens is 1. The van der Waals surface area contributed by atoms with Gasteiger partial charge in [0.25, 0.3) is 0 Å². The maximum Gasteiger partial charge on any atom is 0.0715 e. The number of ether oxygens (including phenoxy) is 1. The number of hydrogen-bond acceptors (Lipinski definition) is 1. The molecule has 2 heteroatoms. The van der Waals surface area contributed by atoms with Crippen LogP contribution < -0.4 is 0 Å². The number of hydrogen-bond donors (Lipinski definition) is 0. The van der Waals surface area contributed by atoms with Gasteiger partial charge in [0.1, 0.15) is 0 Å². The van der Waals surface area contributed by atoms with Crippen LogP contribution in [0.5, 0.6) is 0 Å². The predicted octanol–water partition coefficient (Wildman–Crippen LogP) is 3.05. The van der Waals surface area contributed by atoms with Crippen molar-refractivity contribution in [2.45, 2.75) is 20.0 Å². The van der Waals surface area contributed by atoms with E-state index in [1.54, 1.807) is 7.11 Å². The first-order chi connectivity index (χ1) is 5.77. The first-order valence-electron chi connectivity index (χ1n) is 4.04. The first-order valence-corrected chi connectivity index (χ1v) is 4.42. The van der Waals surface area contributed by atoms with E-state index in [2.05, 4.69) is 6.92 Å². The zero-order valence-electron chi connectivity index (χ0n) is 7.43. The monoisotopic (exact) mass is 184 g/mol. The second-order valence-electron chi connectivity index (χ2n) is 2.70. The van der Waals surface area contributed by atoms with Gasteiger partial charge in [-0.05, 0) is 29.7 Å². The van der Waals surface area contributed by atoms with Crippen molar-refractivity contribution in [3.05, 3.63) is 34.3 Å². The van der Waals surface area contributed by atoms with Crippen LogP contribution in [0.2, 0.25) is 5.02 Å². The number of benzene rings is 1. The summed E-state index contributed by atoms with van der Waals surface area (Å²) in [7, 11) is 1.70. The molecule has 0 bridgehead atoms. The van der Waals surface area contributed by atoms with Crippen molar-refractivity contribution in [3.63, 3.8) is 0 Å². The quantitative estimate of drug-likeness (QED) is 0.702. The van der Waals surface area contributed by atoms with Gasteiger partial charge >= 0.3 is 0 Å². The zero-order chi connectivity index (χ0) is 8.97. The molecular formula is C10H13ClO. The molecule has 0 atom stereocenters. The molecule has 0 aromatic heterocycles. The second-order valence-corrected chi connectivity index (χ2v) is 3.14. The van der Waals surface area contributed by atoms with Crippen molar-refractivity contribution in [2.75, 3.05) is 7.11 Å². The fourth-order valence-electron chi connectivity index (χ4n) is 1.22. The van der Waals surface area contributed by atoms with E-state index in [1.165, 1.54) is 11.1 Å². The highest BCUT2D eigenvalue weighted by Crippen LogP contribution is 2.17. The van der Waals surface area contributed by atoms with E-state index in [0.29, 0.717) is 6.61 Å². The molecule has 0 N–H and O–H groups in total. The lowest BCUT2D eigenvalue weighted by molar-refractivity contribution is 0.184. The van der Waals surface area contributed by atoms with Crippen LogP contribution >= 0.6 is 11.6 Å². The Hall–Kier alpha value is -0.530. The Bertz CT molecular complexity index is 258. The lowest BCUT2D eigenvalue weighted by Gasteiger charge is -2.06. The molecule has 0 fully saturated rings. The van der Waals surface area contributed by atoms with Gasteiger partial charge in [0.05, 0.1) is 6.61 Å². The summed E-state index contributed by atoms with van der Waals surface area (Å²) in [4.78, 5) is 0. The standard InChI is InChI=1S/C10H13ClO/c1-3-8-6-10(11)5-4-9(8)7-12-2/h4-6H,3,7H2,1-2H3. The van der Waals surface area contributed by atoms with Gasteiger partial charge < -0.3 is 4.74 Å². The molecule has 12 heavy (non-hydrogen) atoms. The molecule has 1 nitrogen and oxygen atoms in total. The van der Waals surface area contributed by atoms with E-state index in [-0.39, 0.29) is 0 Å². The summed E-state index contributed by atoms with van der Waals surface area (Å²) in [5.74, 6) is 0. The maximum absolute atomic E-state index is 5.85. The highest BCUT2D eigenvalue weighted by atomic mass is 35.5. The van der Waals surface area contributed by atoms with Gasteiger partial charge in [-0.15, -0.1) is 0 Å². The van der Waals surface area contributed by atoms with Gasteiger partial charge in [0.15, 0.2) is 0 Å². The van der Waals surface area contributed by atoms with E-state index >= 15 is 0 Å². The van der Waals surface area contributed by atoms with Crippen molar-refractivity contribution in [2.24, 2.45) is 0 Å². The van der Waals surface area contributed by atoms with Crippen LogP contribution in [0.15, 0.2) is 18.2 Å². The minimum Gasteiger partial charge on any atom is -0.380 e. The average molecular weight is 185 g/mol. The van der Waals surface area contributed by atoms with Crippen LogP contribution in [-0.2, 0) is 17.8 Å². The fraction of sp³-hybridized carbons (Fsp3) is 0.400. The molecule has 0 saturated heterocycles. The van der Waals surface area contributed by atoms with Crippen LogP contribution in [0.25, 0.3) is 0 Å². The Morgan fingerprint density at radius 2 is 2.08 bits per heavy atom. The SMILES string of the molecule is CCc1cc(Cl)ccc1COC. The number of rotatable bonds is 3. The van der Waals surface area contributed by atoms with E-state index in [1.807, 2.05) is 18.2 Å². The van der Waals surface area contributed by atoms with Crippen molar-refractivity contribution < 1.29 is 4.74 Å². The Morgan fingerprint density at radius 3 is 2.67 bits per heavy atom. The highest BCUT2D eigenvalue weighted by Gasteiger charge is 2.00. The summed E-state index contributed by atoms with van der Waals surface area (Å²) >= 11 is 5.85. The van der Waals surface area contributed by atoms with Crippen molar-refractivity contribution in [3.8, 4) is 0 Å². The van der Waals surface area contributed by atoms with Crippen molar-refractivity contribution in [1.82, 2.24) is 0 Å². The summed E-state index contributed by atoms with van der Waals surface area (Å²) in [6, 6.07) is 5.91. The molecular weight excluding hydrogens is 172 g/mol. The normalized spacial score (nSPS) is 10.2. The Labute approximate surface area is 78.3 Å². The predicted molar refractivity (Wildman–Crippen MR) is 51.5 cm³/mol. The molecule has 0 spiro atoms. The summed E-state index contributed by atoms with van der Waals surface area (Å²) in [5.41, 5.74) is 2.49. The molecule has 1 rings (SSSR count). The van der Waals surface area contributed by atoms with E-state index in [4.69, 9.17) is 16.3 Å². The molecule has 0 heterocycles. The minimum atomic E-state index is 0.667. The van der Waals surface area contributed by atoms with Crippen LogP contribution in [0, 0.1) is 0 Å². The Balaban J connectivity index is 2.94. The van der Waals surface area contributed by atoms with E-state index < -0.39 is 0 Å². The molecule has 0 aliphatic carbocycles. The lowest BCUT2D eigenvalue weighted by atomic mass is 10.1. The second kappa shape index (κ2) is 4.48. The molecule has 0 aliphatic heterocycles. The van der Waals surface area contributed by atoms with Crippen LogP contribution in [0.3, 0.4) is 0 Å². The molecule has 0 unspecified atom stereocenters. The third kappa shape index (κ3) is 2.23. The molecule has 1 aromatic rings. The van der Waals surface area contributed by atoms with Gasteiger partial charge in [-0.2, -0.15) is 0 Å². The van der Waals surface area contributed by atoms with E-state index in [9.17, 15) is 0 Å².